The fourth-order valence-corrected chi connectivity index (χ4v) is 3.57. The van der Waals surface area contributed by atoms with Crippen LogP contribution in [-0.2, 0) is 14.3 Å². The number of aliphatic carboxylic acids is 1. The third-order valence-electron chi connectivity index (χ3n) is 4.92. The number of fused-ring (bicyclic) bond motifs is 1. The molecule has 3 fully saturated rings. The Kier molecular flexibility index (Phi) is 2.62. The van der Waals surface area contributed by atoms with Gasteiger partial charge in [0.25, 0.3) is 0 Å². The summed E-state index contributed by atoms with van der Waals surface area (Å²) in [5.41, 5.74) is -1.18. The van der Waals surface area contributed by atoms with Crippen molar-refractivity contribution in [1.82, 2.24) is 4.90 Å². The zero-order valence-electron chi connectivity index (χ0n) is 10.6. The number of likely N-dealkylation sites (tertiary alicyclic amines) is 1. The minimum atomic E-state index is -1.18. The Labute approximate surface area is 106 Å². The maximum Gasteiger partial charge on any atom is 0.337 e. The van der Waals surface area contributed by atoms with Crippen molar-refractivity contribution in [2.75, 3.05) is 20.2 Å². The third-order valence-corrected chi connectivity index (χ3v) is 4.92. The van der Waals surface area contributed by atoms with Crippen molar-refractivity contribution >= 4 is 11.9 Å². The van der Waals surface area contributed by atoms with Crippen molar-refractivity contribution in [3.05, 3.63) is 0 Å². The smallest absolute Gasteiger partial charge is 0.337 e. The lowest BCUT2D eigenvalue weighted by Gasteiger charge is -2.25. The van der Waals surface area contributed by atoms with Gasteiger partial charge in [-0.25, -0.2) is 4.79 Å². The van der Waals surface area contributed by atoms with Gasteiger partial charge < -0.3 is 14.7 Å². The summed E-state index contributed by atoms with van der Waals surface area (Å²) in [7, 11) is 1.41. The zero-order valence-corrected chi connectivity index (χ0v) is 10.6. The number of carboxylic acids is 1. The Hall–Kier alpha value is -1.10. The molecule has 3 rings (SSSR count). The molecule has 0 bridgehead atoms. The van der Waals surface area contributed by atoms with Crippen molar-refractivity contribution < 1.29 is 19.4 Å². The maximum atomic E-state index is 12.3. The van der Waals surface area contributed by atoms with E-state index in [9.17, 15) is 14.7 Å². The molecule has 5 heteroatoms. The summed E-state index contributed by atoms with van der Waals surface area (Å²) in [6.45, 7) is 0.703. The summed E-state index contributed by atoms with van der Waals surface area (Å²) in [6.07, 6.45) is 3.70. The van der Waals surface area contributed by atoms with E-state index in [-0.39, 0.29) is 18.4 Å². The number of nitrogens with zero attached hydrogens (tertiary/aromatic N) is 1. The summed E-state index contributed by atoms with van der Waals surface area (Å²) in [5, 5.41) is 9.21. The Morgan fingerprint density at radius 1 is 1.28 bits per heavy atom. The van der Waals surface area contributed by atoms with E-state index in [0.29, 0.717) is 13.0 Å². The number of carbonyl (C=O) groups is 2. The van der Waals surface area contributed by atoms with E-state index in [1.165, 1.54) is 13.5 Å². The molecular weight excluding hydrogens is 234 g/mol. The minimum Gasteiger partial charge on any atom is -0.479 e. The summed E-state index contributed by atoms with van der Waals surface area (Å²) in [4.78, 5) is 25.2. The second kappa shape index (κ2) is 3.95. The van der Waals surface area contributed by atoms with Crippen LogP contribution in [0.4, 0.5) is 0 Å². The van der Waals surface area contributed by atoms with Crippen molar-refractivity contribution in [3.63, 3.8) is 0 Å². The molecule has 0 spiro atoms. The summed E-state index contributed by atoms with van der Waals surface area (Å²) in [6, 6.07) is 0. The van der Waals surface area contributed by atoms with E-state index in [2.05, 4.69) is 0 Å². The number of amides is 1. The van der Waals surface area contributed by atoms with Crippen LogP contribution in [0.3, 0.4) is 0 Å². The Morgan fingerprint density at radius 2 is 1.94 bits per heavy atom. The van der Waals surface area contributed by atoms with Gasteiger partial charge >= 0.3 is 5.97 Å². The average molecular weight is 253 g/mol. The van der Waals surface area contributed by atoms with Crippen LogP contribution in [0, 0.1) is 17.8 Å². The molecule has 1 amide bonds. The van der Waals surface area contributed by atoms with Crippen molar-refractivity contribution in [2.45, 2.75) is 31.3 Å². The lowest BCUT2D eigenvalue weighted by atomic mass is 10.0. The number of rotatable bonds is 3. The molecule has 5 nitrogen and oxygen atoms in total. The zero-order chi connectivity index (χ0) is 12.9. The predicted octanol–water partition coefficient (Wildman–Crippen LogP) is 0.735. The summed E-state index contributed by atoms with van der Waals surface area (Å²) < 4.78 is 5.14. The molecule has 3 aliphatic rings. The average Bonchev–Trinajstić information content (AvgIpc) is 2.83. The van der Waals surface area contributed by atoms with Crippen molar-refractivity contribution in [1.29, 1.82) is 0 Å². The van der Waals surface area contributed by atoms with Crippen LogP contribution in [0.15, 0.2) is 0 Å². The van der Waals surface area contributed by atoms with Gasteiger partial charge in [-0.15, -0.1) is 0 Å². The number of ether oxygens (including phenoxy) is 1. The summed E-state index contributed by atoms with van der Waals surface area (Å²) >= 11 is 0. The predicted molar refractivity (Wildman–Crippen MR) is 62.9 cm³/mol. The highest BCUT2D eigenvalue weighted by Crippen LogP contribution is 2.54. The van der Waals surface area contributed by atoms with Gasteiger partial charge in [-0.1, -0.05) is 0 Å². The van der Waals surface area contributed by atoms with Crippen molar-refractivity contribution in [2.24, 2.45) is 17.8 Å². The lowest BCUT2D eigenvalue weighted by molar-refractivity contribution is -0.161. The SMILES string of the molecule is COC1(C(=O)O)CCN(C(=O)C2C[C@@H]3C[C@@H]3C2)C1. The summed E-state index contributed by atoms with van der Waals surface area (Å²) in [5.74, 6) is 0.855. The Bertz CT molecular complexity index is 386. The van der Waals surface area contributed by atoms with Gasteiger partial charge in [-0.2, -0.15) is 0 Å². The van der Waals surface area contributed by atoms with E-state index in [1.54, 1.807) is 4.90 Å². The first-order chi connectivity index (χ1) is 8.55. The molecule has 0 radical (unpaired) electrons. The molecule has 18 heavy (non-hydrogen) atoms. The molecule has 1 aliphatic heterocycles. The maximum absolute atomic E-state index is 12.3. The van der Waals surface area contributed by atoms with Crippen LogP contribution < -0.4 is 0 Å². The van der Waals surface area contributed by atoms with Crippen LogP contribution in [0.5, 0.6) is 0 Å². The fraction of sp³-hybridized carbons (Fsp3) is 0.846. The van der Waals surface area contributed by atoms with Crippen LogP contribution >= 0.6 is 0 Å². The fourth-order valence-electron chi connectivity index (χ4n) is 3.57. The number of methoxy groups -OCH3 is 1. The molecule has 1 N–H and O–H groups in total. The Morgan fingerprint density at radius 3 is 2.44 bits per heavy atom. The highest BCUT2D eigenvalue weighted by molar-refractivity contribution is 5.83. The normalized spacial score (nSPS) is 41.8. The monoisotopic (exact) mass is 253 g/mol. The quantitative estimate of drug-likeness (QED) is 0.805. The first-order valence-electron chi connectivity index (χ1n) is 6.63. The van der Waals surface area contributed by atoms with E-state index in [1.807, 2.05) is 0 Å². The number of carboxylic acid groups (broad SMARTS) is 1. The molecular formula is C13H19NO4. The molecule has 0 aromatic heterocycles. The van der Waals surface area contributed by atoms with Crippen LogP contribution in [-0.4, -0.2) is 47.7 Å². The van der Waals surface area contributed by atoms with Gasteiger partial charge in [-0.05, 0) is 31.1 Å². The Balaban J connectivity index is 1.64. The highest BCUT2D eigenvalue weighted by Gasteiger charge is 2.52. The molecule has 0 aromatic rings. The minimum absolute atomic E-state index is 0.134. The first-order valence-corrected chi connectivity index (χ1v) is 6.63. The van der Waals surface area contributed by atoms with Gasteiger partial charge in [0.2, 0.25) is 5.91 Å². The van der Waals surface area contributed by atoms with E-state index >= 15 is 0 Å². The second-order valence-corrected chi connectivity index (χ2v) is 5.94. The molecule has 2 saturated carbocycles. The molecule has 4 atom stereocenters. The number of hydrogen-bond donors (Lipinski definition) is 1. The van der Waals surface area contributed by atoms with Crippen LogP contribution in [0.25, 0.3) is 0 Å². The number of carbonyl (C=O) groups excluding carboxylic acids is 1. The van der Waals surface area contributed by atoms with E-state index in [0.717, 1.165) is 24.7 Å². The van der Waals surface area contributed by atoms with Gasteiger partial charge in [0.1, 0.15) is 0 Å². The molecule has 0 aromatic carbocycles. The molecule has 2 unspecified atom stereocenters. The van der Waals surface area contributed by atoms with Crippen LogP contribution in [0.1, 0.15) is 25.7 Å². The number of hydrogen-bond acceptors (Lipinski definition) is 3. The van der Waals surface area contributed by atoms with Gasteiger partial charge in [-0.3, -0.25) is 4.79 Å². The van der Waals surface area contributed by atoms with E-state index < -0.39 is 11.6 Å². The lowest BCUT2D eigenvalue weighted by Crippen LogP contribution is -2.45. The van der Waals surface area contributed by atoms with Crippen molar-refractivity contribution in [3.8, 4) is 0 Å². The standard InChI is InChI=1S/C13H19NO4/c1-18-13(12(16)17)2-3-14(7-13)11(15)10-5-8-4-9(8)6-10/h8-10H,2-7H2,1H3,(H,16,17)/t8-,9+,10?,13?. The molecule has 1 saturated heterocycles. The van der Waals surface area contributed by atoms with Crippen LogP contribution in [0.2, 0.25) is 0 Å². The topological polar surface area (TPSA) is 66.8 Å². The van der Waals surface area contributed by atoms with Gasteiger partial charge in [0.15, 0.2) is 5.60 Å². The molecule has 1 heterocycles. The van der Waals surface area contributed by atoms with E-state index in [4.69, 9.17) is 4.74 Å². The highest BCUT2D eigenvalue weighted by atomic mass is 16.5. The first kappa shape index (κ1) is 12.0. The largest absolute Gasteiger partial charge is 0.479 e. The van der Waals surface area contributed by atoms with Gasteiger partial charge in [0.05, 0.1) is 6.54 Å². The second-order valence-electron chi connectivity index (χ2n) is 5.94. The molecule has 100 valence electrons. The third kappa shape index (κ3) is 1.72. The molecule has 2 aliphatic carbocycles. The van der Waals surface area contributed by atoms with Gasteiger partial charge in [0, 0.05) is 26.0 Å².